The number of halogens is 1. The van der Waals surface area contributed by atoms with Crippen molar-refractivity contribution < 1.29 is 19.1 Å². The Morgan fingerprint density at radius 1 is 0.829 bits per heavy atom. The summed E-state index contributed by atoms with van der Waals surface area (Å²) in [5.74, 6) is -0.564. The van der Waals surface area contributed by atoms with Gasteiger partial charge in [-0.1, -0.05) is 51.5 Å². The molecule has 4 aromatic rings. The highest BCUT2D eigenvalue weighted by atomic mass is 79.9. The molecule has 1 aliphatic heterocycles. The van der Waals surface area contributed by atoms with Crippen LogP contribution < -0.4 is 20.3 Å². The molecule has 3 amide bonds. The van der Waals surface area contributed by atoms with Crippen LogP contribution in [0.3, 0.4) is 0 Å². The van der Waals surface area contributed by atoms with E-state index in [1.54, 1.807) is 67.8 Å². The van der Waals surface area contributed by atoms with Crippen LogP contribution in [0.4, 0.5) is 17.1 Å². The lowest BCUT2D eigenvalue weighted by Crippen LogP contribution is -2.32. The first-order chi connectivity index (χ1) is 19.7. The van der Waals surface area contributed by atoms with Gasteiger partial charge in [-0.2, -0.15) is 0 Å². The molecule has 0 bridgehead atoms. The van der Waals surface area contributed by atoms with Crippen molar-refractivity contribution in [2.75, 3.05) is 22.6 Å². The summed E-state index contributed by atoms with van der Waals surface area (Å²) in [7, 11) is 1.55. The molecule has 0 saturated carbocycles. The normalized spacial score (nSPS) is 13.0. The molecule has 5 rings (SSSR count). The SMILES string of the molecule is COc1ccc(C)cc1NC1=C(Sc2ccc(NC(=O)c3ccc(Br)cc3)cc2)C(=O)N(c2ccc(C)cc2)C1=O. The van der Waals surface area contributed by atoms with Crippen LogP contribution in [0, 0.1) is 13.8 Å². The van der Waals surface area contributed by atoms with Crippen molar-refractivity contribution in [3.05, 3.63) is 123 Å². The highest BCUT2D eigenvalue weighted by Crippen LogP contribution is 2.39. The standard InChI is InChI=1S/C32H26BrN3O4S/c1-19-4-13-24(14-5-19)36-31(38)28(35-26-18-20(2)6-17-27(26)40-3)29(32(36)39)41-25-15-11-23(12-16-25)34-30(37)21-7-9-22(33)10-8-21/h4-18,35H,1-3H3,(H,34,37). The average Bonchev–Trinajstić information content (AvgIpc) is 3.19. The molecular formula is C32H26BrN3O4S. The lowest BCUT2D eigenvalue weighted by molar-refractivity contribution is -0.120. The quantitative estimate of drug-likeness (QED) is 0.199. The topological polar surface area (TPSA) is 87.7 Å². The number of methoxy groups -OCH3 is 1. The number of nitrogens with zero attached hydrogens (tertiary/aromatic N) is 1. The second-order valence-corrected chi connectivity index (χ2v) is 11.4. The Balaban J connectivity index is 1.44. The molecule has 2 N–H and O–H groups in total. The van der Waals surface area contributed by atoms with Crippen molar-refractivity contribution in [2.45, 2.75) is 18.7 Å². The molecule has 0 atom stereocenters. The van der Waals surface area contributed by atoms with Gasteiger partial charge in [0.15, 0.2) is 0 Å². The van der Waals surface area contributed by atoms with E-state index in [4.69, 9.17) is 4.74 Å². The Labute approximate surface area is 250 Å². The highest BCUT2D eigenvalue weighted by molar-refractivity contribution is 9.10. The molecule has 206 valence electrons. The van der Waals surface area contributed by atoms with Gasteiger partial charge < -0.3 is 15.4 Å². The van der Waals surface area contributed by atoms with Crippen molar-refractivity contribution in [3.63, 3.8) is 0 Å². The summed E-state index contributed by atoms with van der Waals surface area (Å²) >= 11 is 4.55. The smallest absolute Gasteiger partial charge is 0.283 e. The van der Waals surface area contributed by atoms with Gasteiger partial charge in [-0.05, 0) is 92.2 Å². The molecule has 1 heterocycles. The summed E-state index contributed by atoms with van der Waals surface area (Å²) in [5, 5.41) is 6.06. The summed E-state index contributed by atoms with van der Waals surface area (Å²) in [6.45, 7) is 3.88. The fourth-order valence-corrected chi connectivity index (χ4v) is 5.42. The summed E-state index contributed by atoms with van der Waals surface area (Å²) in [4.78, 5) is 42.2. The lowest BCUT2D eigenvalue weighted by Gasteiger charge is -2.16. The first-order valence-corrected chi connectivity index (χ1v) is 14.3. The number of hydrogen-bond donors (Lipinski definition) is 2. The van der Waals surface area contributed by atoms with Gasteiger partial charge >= 0.3 is 0 Å². The van der Waals surface area contributed by atoms with E-state index in [2.05, 4.69) is 26.6 Å². The maximum absolute atomic E-state index is 13.7. The molecule has 0 aromatic heterocycles. The third-order valence-electron chi connectivity index (χ3n) is 6.39. The van der Waals surface area contributed by atoms with E-state index in [9.17, 15) is 14.4 Å². The number of hydrogen-bond acceptors (Lipinski definition) is 6. The molecule has 4 aromatic carbocycles. The predicted molar refractivity (Wildman–Crippen MR) is 166 cm³/mol. The van der Waals surface area contributed by atoms with Gasteiger partial charge in [-0.3, -0.25) is 14.4 Å². The van der Waals surface area contributed by atoms with Gasteiger partial charge in [0.2, 0.25) is 0 Å². The van der Waals surface area contributed by atoms with Crippen molar-refractivity contribution in [1.29, 1.82) is 0 Å². The number of imide groups is 1. The molecule has 0 radical (unpaired) electrons. The van der Waals surface area contributed by atoms with Gasteiger partial charge in [0.05, 0.1) is 18.5 Å². The molecular weight excluding hydrogens is 602 g/mol. The molecule has 0 aliphatic carbocycles. The molecule has 0 unspecified atom stereocenters. The van der Waals surface area contributed by atoms with E-state index in [-0.39, 0.29) is 16.5 Å². The van der Waals surface area contributed by atoms with Crippen molar-refractivity contribution in [2.24, 2.45) is 0 Å². The third-order valence-corrected chi connectivity index (χ3v) is 8.01. The summed E-state index contributed by atoms with van der Waals surface area (Å²) < 4.78 is 6.38. The van der Waals surface area contributed by atoms with Gasteiger partial charge in [0.25, 0.3) is 17.7 Å². The number of aryl methyl sites for hydroxylation is 2. The first kappa shape index (κ1) is 28.2. The first-order valence-electron chi connectivity index (χ1n) is 12.7. The Bertz CT molecular complexity index is 1670. The Morgan fingerprint density at radius 2 is 1.49 bits per heavy atom. The van der Waals surface area contributed by atoms with Crippen LogP contribution >= 0.6 is 27.7 Å². The maximum atomic E-state index is 13.7. The van der Waals surface area contributed by atoms with Gasteiger partial charge in [0, 0.05) is 20.6 Å². The van der Waals surface area contributed by atoms with Gasteiger partial charge in [-0.15, -0.1) is 0 Å². The van der Waals surface area contributed by atoms with E-state index in [1.165, 1.54) is 16.7 Å². The zero-order valence-electron chi connectivity index (χ0n) is 22.5. The minimum Gasteiger partial charge on any atom is -0.495 e. The zero-order chi connectivity index (χ0) is 29.1. The second-order valence-electron chi connectivity index (χ2n) is 9.40. The van der Waals surface area contributed by atoms with Gasteiger partial charge in [-0.25, -0.2) is 4.90 Å². The summed E-state index contributed by atoms with van der Waals surface area (Å²) in [6, 6.07) is 27.0. The number of thioether (sulfide) groups is 1. The molecule has 7 nitrogen and oxygen atoms in total. The van der Waals surface area contributed by atoms with Crippen molar-refractivity contribution in [1.82, 2.24) is 0 Å². The number of amides is 3. The van der Waals surface area contributed by atoms with Gasteiger partial charge in [0.1, 0.15) is 16.4 Å². The van der Waals surface area contributed by atoms with E-state index in [0.717, 1.165) is 20.5 Å². The fraction of sp³-hybridized carbons (Fsp3) is 0.0938. The van der Waals surface area contributed by atoms with Crippen LogP contribution in [0.15, 0.2) is 111 Å². The number of carbonyl (C=O) groups is 3. The largest absolute Gasteiger partial charge is 0.495 e. The van der Waals surface area contributed by atoms with Crippen molar-refractivity contribution >= 4 is 62.5 Å². The molecule has 41 heavy (non-hydrogen) atoms. The average molecular weight is 629 g/mol. The molecule has 0 saturated heterocycles. The van der Waals surface area contributed by atoms with E-state index >= 15 is 0 Å². The lowest BCUT2D eigenvalue weighted by atomic mass is 10.2. The maximum Gasteiger partial charge on any atom is 0.283 e. The number of rotatable bonds is 8. The third kappa shape index (κ3) is 6.21. The predicted octanol–water partition coefficient (Wildman–Crippen LogP) is 7.32. The molecule has 9 heteroatoms. The monoisotopic (exact) mass is 627 g/mol. The van der Waals surface area contributed by atoms with Crippen LogP contribution in [0.1, 0.15) is 21.5 Å². The van der Waals surface area contributed by atoms with E-state index in [1.807, 2.05) is 44.2 Å². The number of anilines is 3. The van der Waals surface area contributed by atoms with E-state index < -0.39 is 11.8 Å². The summed E-state index contributed by atoms with van der Waals surface area (Å²) in [6.07, 6.45) is 0. The minimum atomic E-state index is -0.455. The van der Waals surface area contributed by atoms with Crippen LogP contribution in [0.5, 0.6) is 5.75 Å². The van der Waals surface area contributed by atoms with Crippen LogP contribution in [0.2, 0.25) is 0 Å². The van der Waals surface area contributed by atoms with Crippen LogP contribution in [-0.2, 0) is 9.59 Å². The number of carbonyl (C=O) groups excluding carboxylic acids is 3. The Hall–Kier alpha value is -4.34. The molecule has 1 aliphatic rings. The second kappa shape index (κ2) is 12.0. The number of ether oxygens (including phenoxy) is 1. The number of nitrogens with one attached hydrogen (secondary N) is 2. The Kier molecular flexibility index (Phi) is 8.28. The van der Waals surface area contributed by atoms with Crippen molar-refractivity contribution in [3.8, 4) is 5.75 Å². The summed E-state index contributed by atoms with van der Waals surface area (Å²) in [5.41, 5.74) is 4.36. The highest BCUT2D eigenvalue weighted by Gasteiger charge is 2.40. The van der Waals surface area contributed by atoms with Crippen LogP contribution in [0.25, 0.3) is 0 Å². The van der Waals surface area contributed by atoms with Crippen LogP contribution in [-0.4, -0.2) is 24.8 Å². The zero-order valence-corrected chi connectivity index (χ0v) is 24.9. The Morgan fingerprint density at radius 3 is 2.15 bits per heavy atom. The molecule has 0 fully saturated rings. The minimum absolute atomic E-state index is 0.164. The fourth-order valence-electron chi connectivity index (χ4n) is 4.23. The number of benzene rings is 4. The van der Waals surface area contributed by atoms with E-state index in [0.29, 0.717) is 28.4 Å². The molecule has 0 spiro atoms.